The highest BCUT2D eigenvalue weighted by Gasteiger charge is 2.46. The Balaban J connectivity index is 1.87. The number of benzene rings is 2. The summed E-state index contributed by atoms with van der Waals surface area (Å²) in [5.41, 5.74) is 1.99. The molecule has 1 saturated carbocycles. The lowest BCUT2D eigenvalue weighted by Gasteiger charge is -2.08. The number of nitrogens with zero attached hydrogens (tertiary/aromatic N) is 1. The number of carbonyl (C=O) groups excluding carboxylic acids is 1. The molecule has 7 heteroatoms. The Labute approximate surface area is 156 Å². The molecule has 0 saturated heterocycles. The van der Waals surface area contributed by atoms with Gasteiger partial charge in [-0.1, -0.05) is 17.7 Å². The van der Waals surface area contributed by atoms with Crippen molar-refractivity contribution >= 4 is 26.9 Å². The molecular weight excluding hydrogens is 369 g/mol. The first-order valence-electron chi connectivity index (χ1n) is 8.53. The molecule has 0 aliphatic heterocycles. The van der Waals surface area contributed by atoms with Gasteiger partial charge >= 0.3 is 5.97 Å². The van der Waals surface area contributed by atoms with Crippen LogP contribution in [-0.2, 0) is 19.6 Å². The smallest absolute Gasteiger partial charge is 0.309 e. The molecule has 0 amide bonds. The fourth-order valence-electron chi connectivity index (χ4n) is 3.47. The monoisotopic (exact) mass is 387 g/mol. The molecule has 0 spiro atoms. The Morgan fingerprint density at radius 3 is 2.56 bits per heavy atom. The summed E-state index contributed by atoms with van der Waals surface area (Å²) in [6, 6.07) is 10.6. The molecule has 27 heavy (non-hydrogen) atoms. The molecule has 140 valence electrons. The van der Waals surface area contributed by atoms with Crippen molar-refractivity contribution in [2.24, 2.45) is 5.92 Å². The molecule has 5 nitrogen and oxygen atoms in total. The summed E-state index contributed by atoms with van der Waals surface area (Å²) in [5.74, 6) is -1.28. The van der Waals surface area contributed by atoms with Crippen molar-refractivity contribution in [3.05, 3.63) is 65.6 Å². The van der Waals surface area contributed by atoms with Crippen LogP contribution in [0.4, 0.5) is 4.39 Å². The highest BCUT2D eigenvalue weighted by Crippen LogP contribution is 2.51. The molecule has 3 aromatic rings. The zero-order valence-electron chi connectivity index (χ0n) is 14.8. The minimum atomic E-state index is -3.85. The highest BCUT2D eigenvalue weighted by molar-refractivity contribution is 7.90. The summed E-state index contributed by atoms with van der Waals surface area (Å²) in [4.78, 5) is 12.0. The van der Waals surface area contributed by atoms with Crippen LogP contribution in [0.1, 0.15) is 23.5 Å². The van der Waals surface area contributed by atoms with Gasteiger partial charge in [0.05, 0.1) is 23.4 Å². The molecular formula is C20H18FNO4S. The van der Waals surface area contributed by atoms with Gasteiger partial charge in [-0.3, -0.25) is 4.79 Å². The summed E-state index contributed by atoms with van der Waals surface area (Å²) in [6.45, 7) is 1.88. The first-order valence-corrected chi connectivity index (χ1v) is 9.97. The average Bonchev–Trinajstić information content (AvgIpc) is 3.35. The van der Waals surface area contributed by atoms with Crippen LogP contribution >= 0.6 is 0 Å². The number of halogens is 1. The van der Waals surface area contributed by atoms with Gasteiger partial charge in [0.25, 0.3) is 10.0 Å². The van der Waals surface area contributed by atoms with Gasteiger partial charge in [-0.05, 0) is 49.2 Å². The maximum absolute atomic E-state index is 13.8. The topological polar surface area (TPSA) is 65.4 Å². The van der Waals surface area contributed by atoms with Crippen LogP contribution in [0.2, 0.25) is 0 Å². The van der Waals surface area contributed by atoms with E-state index in [0.717, 1.165) is 5.56 Å². The van der Waals surface area contributed by atoms with Crippen LogP contribution in [0.25, 0.3) is 10.9 Å². The third-order valence-electron chi connectivity index (χ3n) is 5.04. The molecule has 1 aromatic heterocycles. The Morgan fingerprint density at radius 2 is 1.89 bits per heavy atom. The van der Waals surface area contributed by atoms with Crippen molar-refractivity contribution in [2.45, 2.75) is 24.2 Å². The van der Waals surface area contributed by atoms with Crippen molar-refractivity contribution in [1.82, 2.24) is 3.97 Å². The Morgan fingerprint density at radius 1 is 1.19 bits per heavy atom. The van der Waals surface area contributed by atoms with Crippen molar-refractivity contribution in [3.8, 4) is 0 Å². The van der Waals surface area contributed by atoms with Gasteiger partial charge in [-0.15, -0.1) is 0 Å². The van der Waals surface area contributed by atoms with E-state index < -0.39 is 15.8 Å². The second-order valence-electron chi connectivity index (χ2n) is 6.83. The van der Waals surface area contributed by atoms with E-state index in [1.807, 2.05) is 6.92 Å². The fourth-order valence-corrected chi connectivity index (χ4v) is 4.84. The van der Waals surface area contributed by atoms with Gasteiger partial charge in [-0.2, -0.15) is 0 Å². The quantitative estimate of drug-likeness (QED) is 0.642. The number of esters is 1. The van der Waals surface area contributed by atoms with E-state index in [0.29, 0.717) is 22.9 Å². The molecule has 2 aromatic carbocycles. The van der Waals surface area contributed by atoms with E-state index in [9.17, 15) is 17.6 Å². The van der Waals surface area contributed by atoms with Crippen molar-refractivity contribution in [1.29, 1.82) is 0 Å². The Kier molecular flexibility index (Phi) is 4.07. The second-order valence-corrected chi connectivity index (χ2v) is 8.65. The zero-order valence-corrected chi connectivity index (χ0v) is 15.7. The first kappa shape index (κ1) is 17.7. The molecule has 1 aliphatic rings. The molecule has 2 atom stereocenters. The van der Waals surface area contributed by atoms with E-state index in [1.165, 1.54) is 35.5 Å². The molecule has 0 bridgehead atoms. The molecule has 1 aliphatic carbocycles. The van der Waals surface area contributed by atoms with Gasteiger partial charge in [0.1, 0.15) is 5.82 Å². The summed E-state index contributed by atoms with van der Waals surface area (Å²) < 4.78 is 46.1. The number of fused-ring (bicyclic) bond motifs is 1. The normalized spacial score (nSPS) is 19.2. The SMILES string of the molecule is COC(=O)[C@@H]1C[C@@H]1c1cn(S(=O)(=O)c2ccc(C)cc2)c2ccc(F)cc12. The summed E-state index contributed by atoms with van der Waals surface area (Å²) in [5, 5.41) is 0.502. The number of methoxy groups -OCH3 is 1. The molecule has 1 heterocycles. The number of carbonyl (C=O) groups is 1. The van der Waals surface area contributed by atoms with Crippen LogP contribution in [0, 0.1) is 18.7 Å². The van der Waals surface area contributed by atoms with E-state index in [1.54, 1.807) is 24.3 Å². The van der Waals surface area contributed by atoms with Crippen molar-refractivity contribution in [2.75, 3.05) is 7.11 Å². The van der Waals surface area contributed by atoms with Crippen LogP contribution < -0.4 is 0 Å². The van der Waals surface area contributed by atoms with Crippen LogP contribution in [-0.4, -0.2) is 25.5 Å². The second kappa shape index (κ2) is 6.20. The largest absolute Gasteiger partial charge is 0.469 e. The number of ether oxygens (including phenoxy) is 1. The van der Waals surface area contributed by atoms with Gasteiger partial charge in [0.15, 0.2) is 0 Å². The lowest BCUT2D eigenvalue weighted by atomic mass is 10.1. The molecule has 0 unspecified atom stereocenters. The molecule has 0 N–H and O–H groups in total. The first-order chi connectivity index (χ1) is 12.8. The predicted molar refractivity (Wildman–Crippen MR) is 98.5 cm³/mol. The van der Waals surface area contributed by atoms with E-state index in [2.05, 4.69) is 0 Å². The number of rotatable bonds is 4. The molecule has 1 fully saturated rings. The van der Waals surface area contributed by atoms with Crippen LogP contribution in [0.15, 0.2) is 53.6 Å². The third-order valence-corrected chi connectivity index (χ3v) is 6.72. The van der Waals surface area contributed by atoms with Gasteiger partial charge in [0, 0.05) is 17.5 Å². The number of hydrogen-bond donors (Lipinski definition) is 0. The third kappa shape index (κ3) is 2.92. The average molecular weight is 387 g/mol. The minimum absolute atomic E-state index is 0.154. The predicted octanol–water partition coefficient (Wildman–Crippen LogP) is 3.60. The Bertz CT molecular complexity index is 1150. The summed E-state index contributed by atoms with van der Waals surface area (Å²) in [7, 11) is -2.52. The number of aryl methyl sites for hydroxylation is 1. The van der Waals surface area contributed by atoms with Crippen molar-refractivity contribution < 1.29 is 22.3 Å². The maximum Gasteiger partial charge on any atom is 0.309 e. The molecule has 4 rings (SSSR count). The molecule has 0 radical (unpaired) electrons. The lowest BCUT2D eigenvalue weighted by molar-refractivity contribution is -0.142. The highest BCUT2D eigenvalue weighted by atomic mass is 32.2. The fraction of sp³-hybridized carbons (Fsp3) is 0.250. The number of hydrogen-bond acceptors (Lipinski definition) is 4. The lowest BCUT2D eigenvalue weighted by Crippen LogP contribution is -2.11. The van der Waals surface area contributed by atoms with Gasteiger partial charge < -0.3 is 4.74 Å². The standard InChI is InChI=1S/C20H18FNO4S/c1-12-3-6-14(7-4-12)27(24,25)22-11-18(15-10-17(15)20(23)26-2)16-9-13(21)5-8-19(16)22/h3-9,11,15,17H,10H2,1-2H3/t15-,17+/m0/s1. The zero-order chi connectivity index (χ0) is 19.3. The van der Waals surface area contributed by atoms with Crippen LogP contribution in [0.5, 0.6) is 0 Å². The van der Waals surface area contributed by atoms with E-state index >= 15 is 0 Å². The number of aromatic nitrogens is 1. The summed E-state index contributed by atoms with van der Waals surface area (Å²) in [6.07, 6.45) is 2.07. The summed E-state index contributed by atoms with van der Waals surface area (Å²) >= 11 is 0. The minimum Gasteiger partial charge on any atom is -0.469 e. The van der Waals surface area contributed by atoms with Crippen molar-refractivity contribution in [3.63, 3.8) is 0 Å². The van der Waals surface area contributed by atoms with Gasteiger partial charge in [0.2, 0.25) is 0 Å². The van der Waals surface area contributed by atoms with Gasteiger partial charge in [-0.25, -0.2) is 16.8 Å². The Hall–Kier alpha value is -2.67. The van der Waals surface area contributed by atoms with E-state index in [4.69, 9.17) is 4.74 Å². The van der Waals surface area contributed by atoms with E-state index in [-0.39, 0.29) is 22.7 Å². The maximum atomic E-state index is 13.8. The van der Waals surface area contributed by atoms with Crippen LogP contribution in [0.3, 0.4) is 0 Å².